The number of hydrogen-bond acceptors (Lipinski definition) is 6. The van der Waals surface area contributed by atoms with E-state index >= 15 is 0 Å². The number of nitrogens with one attached hydrogen (secondary N) is 1. The zero-order valence-corrected chi connectivity index (χ0v) is 15.2. The van der Waals surface area contributed by atoms with Crippen molar-refractivity contribution in [2.24, 2.45) is 0 Å². The SMILES string of the molecule is CCOC(=O)c1cc(C(=O)NCCN2CCCCCC2=O)cc([N+](=O)[O-])c1. The molecule has 0 unspecified atom stereocenters. The van der Waals surface area contributed by atoms with Gasteiger partial charge in [0, 0.05) is 43.8 Å². The standard InChI is InChI=1S/C18H23N3O6/c1-2-27-18(24)14-10-13(11-15(12-14)21(25)26)17(23)19-7-9-20-8-5-3-4-6-16(20)22/h10-12H,2-9H2,1H3,(H,19,23). The predicted molar refractivity (Wildman–Crippen MR) is 96.4 cm³/mol. The summed E-state index contributed by atoms with van der Waals surface area (Å²) in [6.07, 6.45) is 3.35. The zero-order valence-electron chi connectivity index (χ0n) is 15.2. The summed E-state index contributed by atoms with van der Waals surface area (Å²) in [6, 6.07) is 3.44. The first-order chi connectivity index (χ1) is 12.9. The maximum atomic E-state index is 12.4. The summed E-state index contributed by atoms with van der Waals surface area (Å²) in [5.41, 5.74) is -0.429. The minimum Gasteiger partial charge on any atom is -0.462 e. The molecule has 1 heterocycles. The van der Waals surface area contributed by atoms with Crippen molar-refractivity contribution in [1.29, 1.82) is 0 Å². The Hall–Kier alpha value is -2.97. The van der Waals surface area contributed by atoms with Crippen LogP contribution in [0.4, 0.5) is 5.69 Å². The first-order valence-electron chi connectivity index (χ1n) is 8.95. The highest BCUT2D eigenvalue weighted by Crippen LogP contribution is 2.18. The Morgan fingerprint density at radius 2 is 1.96 bits per heavy atom. The van der Waals surface area contributed by atoms with Gasteiger partial charge in [-0.05, 0) is 25.8 Å². The summed E-state index contributed by atoms with van der Waals surface area (Å²) in [7, 11) is 0. The third-order valence-electron chi connectivity index (χ3n) is 4.24. The van der Waals surface area contributed by atoms with Gasteiger partial charge < -0.3 is 15.0 Å². The Balaban J connectivity index is 2.04. The van der Waals surface area contributed by atoms with Crippen molar-refractivity contribution in [3.63, 3.8) is 0 Å². The average molecular weight is 377 g/mol. The molecule has 1 fully saturated rings. The van der Waals surface area contributed by atoms with Crippen LogP contribution in [0.3, 0.4) is 0 Å². The molecule has 27 heavy (non-hydrogen) atoms. The highest BCUT2D eigenvalue weighted by atomic mass is 16.6. The maximum absolute atomic E-state index is 12.4. The molecule has 9 nitrogen and oxygen atoms in total. The third-order valence-corrected chi connectivity index (χ3v) is 4.24. The number of hydrogen-bond donors (Lipinski definition) is 1. The van der Waals surface area contributed by atoms with Crippen LogP contribution in [0.25, 0.3) is 0 Å². The van der Waals surface area contributed by atoms with E-state index in [0.717, 1.165) is 31.4 Å². The Morgan fingerprint density at radius 1 is 1.22 bits per heavy atom. The molecule has 1 aliphatic rings. The van der Waals surface area contributed by atoms with Gasteiger partial charge in [0.2, 0.25) is 5.91 Å². The molecule has 1 saturated heterocycles. The summed E-state index contributed by atoms with van der Waals surface area (Å²) in [6.45, 7) is 3.00. The first kappa shape index (κ1) is 20.3. The quantitative estimate of drug-likeness (QED) is 0.440. The topological polar surface area (TPSA) is 119 Å². The fourth-order valence-electron chi connectivity index (χ4n) is 2.86. The van der Waals surface area contributed by atoms with Crippen LogP contribution in [-0.2, 0) is 9.53 Å². The Kier molecular flexibility index (Phi) is 7.27. The Labute approximate surface area is 156 Å². The average Bonchev–Trinajstić information content (AvgIpc) is 2.85. The second kappa shape index (κ2) is 9.65. The number of nitro groups is 1. The number of likely N-dealkylation sites (tertiary alicyclic amines) is 1. The smallest absolute Gasteiger partial charge is 0.338 e. The van der Waals surface area contributed by atoms with E-state index in [0.29, 0.717) is 19.5 Å². The minimum atomic E-state index is -0.731. The van der Waals surface area contributed by atoms with Crippen molar-refractivity contribution >= 4 is 23.5 Å². The van der Waals surface area contributed by atoms with Crippen LogP contribution in [0.1, 0.15) is 53.3 Å². The van der Waals surface area contributed by atoms with Gasteiger partial charge in [-0.2, -0.15) is 0 Å². The highest BCUT2D eigenvalue weighted by Gasteiger charge is 2.20. The zero-order chi connectivity index (χ0) is 19.8. The second-order valence-corrected chi connectivity index (χ2v) is 6.19. The van der Waals surface area contributed by atoms with Crippen molar-refractivity contribution in [2.75, 3.05) is 26.2 Å². The molecule has 1 aliphatic heterocycles. The molecular formula is C18H23N3O6. The summed E-state index contributed by atoms with van der Waals surface area (Å²) >= 11 is 0. The van der Waals surface area contributed by atoms with Gasteiger partial charge in [0.15, 0.2) is 0 Å². The molecule has 0 aliphatic carbocycles. The van der Waals surface area contributed by atoms with Crippen LogP contribution in [0, 0.1) is 10.1 Å². The van der Waals surface area contributed by atoms with Crippen LogP contribution in [0.2, 0.25) is 0 Å². The minimum absolute atomic E-state index is 0.00514. The number of carbonyl (C=O) groups is 3. The predicted octanol–water partition coefficient (Wildman–Crippen LogP) is 1.90. The molecular weight excluding hydrogens is 354 g/mol. The lowest BCUT2D eigenvalue weighted by molar-refractivity contribution is -0.384. The van der Waals surface area contributed by atoms with Crippen molar-refractivity contribution in [3.05, 3.63) is 39.4 Å². The van der Waals surface area contributed by atoms with Crippen molar-refractivity contribution in [3.8, 4) is 0 Å². The molecule has 2 amide bonds. The van der Waals surface area contributed by atoms with E-state index < -0.39 is 16.8 Å². The molecule has 0 saturated carbocycles. The van der Waals surface area contributed by atoms with Crippen LogP contribution in [0.15, 0.2) is 18.2 Å². The lowest BCUT2D eigenvalue weighted by Crippen LogP contribution is -2.38. The molecule has 0 spiro atoms. The van der Waals surface area contributed by atoms with Gasteiger partial charge in [-0.15, -0.1) is 0 Å². The molecule has 0 aromatic heterocycles. The largest absolute Gasteiger partial charge is 0.462 e. The van der Waals surface area contributed by atoms with E-state index in [1.807, 2.05) is 0 Å². The number of amides is 2. The van der Waals surface area contributed by atoms with Crippen molar-refractivity contribution < 1.29 is 24.0 Å². The summed E-state index contributed by atoms with van der Waals surface area (Å²) < 4.78 is 4.84. The molecule has 9 heteroatoms. The Bertz CT molecular complexity index is 734. The van der Waals surface area contributed by atoms with Gasteiger partial charge >= 0.3 is 5.97 Å². The van der Waals surface area contributed by atoms with Gasteiger partial charge in [-0.3, -0.25) is 19.7 Å². The van der Waals surface area contributed by atoms with Crippen LogP contribution < -0.4 is 5.32 Å². The fraction of sp³-hybridized carbons (Fsp3) is 0.500. The van der Waals surface area contributed by atoms with E-state index in [9.17, 15) is 24.5 Å². The molecule has 1 aromatic rings. The number of ether oxygens (including phenoxy) is 1. The van der Waals surface area contributed by atoms with Crippen LogP contribution in [-0.4, -0.2) is 53.8 Å². The van der Waals surface area contributed by atoms with E-state index in [4.69, 9.17) is 4.74 Å². The van der Waals surface area contributed by atoms with Crippen LogP contribution in [0.5, 0.6) is 0 Å². The summed E-state index contributed by atoms with van der Waals surface area (Å²) in [5.74, 6) is -1.21. The first-order valence-corrected chi connectivity index (χ1v) is 8.95. The maximum Gasteiger partial charge on any atom is 0.338 e. The van der Waals surface area contributed by atoms with Crippen LogP contribution >= 0.6 is 0 Å². The number of rotatable bonds is 7. The molecule has 1 N–H and O–H groups in total. The molecule has 2 rings (SSSR count). The number of non-ortho nitro benzene ring substituents is 1. The summed E-state index contributed by atoms with van der Waals surface area (Å²) in [5, 5.41) is 13.7. The molecule has 0 radical (unpaired) electrons. The lowest BCUT2D eigenvalue weighted by Gasteiger charge is -2.20. The van der Waals surface area contributed by atoms with Crippen molar-refractivity contribution in [2.45, 2.75) is 32.6 Å². The van der Waals surface area contributed by atoms with E-state index in [-0.39, 0.29) is 35.9 Å². The number of nitro benzene ring substituents is 1. The Morgan fingerprint density at radius 3 is 2.67 bits per heavy atom. The van der Waals surface area contributed by atoms with E-state index in [1.54, 1.807) is 11.8 Å². The highest BCUT2D eigenvalue weighted by molar-refractivity contribution is 5.99. The van der Waals surface area contributed by atoms with Gasteiger partial charge in [0.05, 0.1) is 17.1 Å². The van der Waals surface area contributed by atoms with Crippen molar-refractivity contribution in [1.82, 2.24) is 10.2 Å². The lowest BCUT2D eigenvalue weighted by atomic mass is 10.1. The molecule has 146 valence electrons. The molecule has 1 aromatic carbocycles. The van der Waals surface area contributed by atoms with Gasteiger partial charge in [-0.25, -0.2) is 4.79 Å². The monoisotopic (exact) mass is 377 g/mol. The number of nitrogens with zero attached hydrogens (tertiary/aromatic N) is 2. The molecule has 0 bridgehead atoms. The van der Waals surface area contributed by atoms with E-state index in [2.05, 4.69) is 5.32 Å². The second-order valence-electron chi connectivity index (χ2n) is 6.19. The fourth-order valence-corrected chi connectivity index (χ4v) is 2.86. The van der Waals surface area contributed by atoms with Gasteiger partial charge in [0.1, 0.15) is 0 Å². The number of benzene rings is 1. The number of carbonyl (C=O) groups excluding carboxylic acids is 3. The molecule has 0 atom stereocenters. The van der Waals surface area contributed by atoms with Gasteiger partial charge in [0.25, 0.3) is 11.6 Å². The van der Waals surface area contributed by atoms with E-state index in [1.165, 1.54) is 6.07 Å². The summed E-state index contributed by atoms with van der Waals surface area (Å²) in [4.78, 5) is 48.3. The third kappa shape index (κ3) is 5.77. The normalized spacial score (nSPS) is 14.4. The van der Waals surface area contributed by atoms with Gasteiger partial charge in [-0.1, -0.05) is 6.42 Å². The number of esters is 1.